The number of anilines is 1. The first-order valence-electron chi connectivity index (χ1n) is 5.74. The Morgan fingerprint density at radius 1 is 1.00 bits per heavy atom. The van der Waals surface area contributed by atoms with Crippen molar-refractivity contribution in [1.29, 1.82) is 0 Å². The van der Waals surface area contributed by atoms with Crippen molar-refractivity contribution in [2.45, 2.75) is 12.8 Å². The summed E-state index contributed by atoms with van der Waals surface area (Å²) in [5.41, 5.74) is 8.15. The van der Waals surface area contributed by atoms with Crippen LogP contribution in [0.25, 0.3) is 0 Å². The van der Waals surface area contributed by atoms with E-state index in [2.05, 4.69) is 0 Å². The first kappa shape index (κ1) is 12.7. The third-order valence-corrected chi connectivity index (χ3v) is 3.10. The largest absolute Gasteiger partial charge is 0.399 e. The van der Waals surface area contributed by atoms with E-state index in [1.807, 2.05) is 30.3 Å². The minimum absolute atomic E-state index is 0.146. The molecule has 0 aliphatic heterocycles. The minimum Gasteiger partial charge on any atom is -0.399 e. The molecule has 18 heavy (non-hydrogen) atoms. The Kier molecular flexibility index (Phi) is 4.00. The molecule has 2 nitrogen and oxygen atoms in total. The molecule has 92 valence electrons. The van der Waals surface area contributed by atoms with Gasteiger partial charge in [0.05, 0.1) is 0 Å². The number of hydrogen-bond acceptors (Lipinski definition) is 2. The number of carbonyl (C=O) groups is 1. The van der Waals surface area contributed by atoms with Gasteiger partial charge in [0.15, 0.2) is 0 Å². The second kappa shape index (κ2) is 5.69. The normalized spacial score (nSPS) is 10.3. The highest BCUT2D eigenvalue weighted by Gasteiger charge is 2.07. The molecule has 0 aliphatic carbocycles. The van der Waals surface area contributed by atoms with Crippen molar-refractivity contribution in [3.8, 4) is 0 Å². The minimum atomic E-state index is 0.146. The Bertz CT molecular complexity index is 549. The zero-order valence-electron chi connectivity index (χ0n) is 9.90. The number of benzene rings is 2. The van der Waals surface area contributed by atoms with Crippen molar-refractivity contribution >= 4 is 23.1 Å². The van der Waals surface area contributed by atoms with E-state index in [4.69, 9.17) is 17.3 Å². The molecule has 2 aromatic carbocycles. The summed E-state index contributed by atoms with van der Waals surface area (Å²) in [4.78, 5) is 11.9. The molecule has 2 rings (SSSR count). The summed E-state index contributed by atoms with van der Waals surface area (Å²) in [5, 5.41) is 0.642. The third-order valence-electron chi connectivity index (χ3n) is 2.73. The van der Waals surface area contributed by atoms with E-state index in [9.17, 15) is 4.79 Å². The topological polar surface area (TPSA) is 43.1 Å². The lowest BCUT2D eigenvalue weighted by Gasteiger charge is -2.04. The van der Waals surface area contributed by atoms with Crippen LogP contribution in [0.1, 0.15) is 11.1 Å². The lowest BCUT2D eigenvalue weighted by Crippen LogP contribution is -2.07. The summed E-state index contributed by atoms with van der Waals surface area (Å²) in [6.07, 6.45) is 0.773. The van der Waals surface area contributed by atoms with Crippen LogP contribution in [0, 0.1) is 0 Å². The van der Waals surface area contributed by atoms with Gasteiger partial charge in [-0.2, -0.15) is 0 Å². The van der Waals surface area contributed by atoms with Crippen molar-refractivity contribution < 1.29 is 4.79 Å². The van der Waals surface area contributed by atoms with Crippen molar-refractivity contribution in [2.24, 2.45) is 0 Å². The molecule has 0 aromatic heterocycles. The van der Waals surface area contributed by atoms with E-state index >= 15 is 0 Å². The Morgan fingerprint density at radius 2 is 1.67 bits per heavy atom. The molecular formula is C15H14ClNO. The summed E-state index contributed by atoms with van der Waals surface area (Å²) < 4.78 is 0. The molecule has 0 fully saturated rings. The van der Waals surface area contributed by atoms with Crippen LogP contribution in [0.2, 0.25) is 5.02 Å². The Labute approximate surface area is 111 Å². The van der Waals surface area contributed by atoms with Gasteiger partial charge in [0.2, 0.25) is 0 Å². The van der Waals surface area contributed by atoms with Gasteiger partial charge in [0.1, 0.15) is 5.78 Å². The molecule has 0 amide bonds. The SMILES string of the molecule is Nc1ccc(CC(=O)Cc2ccccc2Cl)cc1. The first-order chi connectivity index (χ1) is 8.65. The second-order valence-corrected chi connectivity index (χ2v) is 4.63. The second-order valence-electron chi connectivity index (χ2n) is 4.23. The van der Waals surface area contributed by atoms with Crippen molar-refractivity contribution in [1.82, 2.24) is 0 Å². The Morgan fingerprint density at radius 3 is 2.33 bits per heavy atom. The zero-order valence-corrected chi connectivity index (χ0v) is 10.7. The number of nitrogens with two attached hydrogens (primary N) is 1. The molecule has 0 radical (unpaired) electrons. The average molecular weight is 260 g/mol. The maximum atomic E-state index is 11.9. The highest BCUT2D eigenvalue weighted by atomic mass is 35.5. The van der Waals surface area contributed by atoms with E-state index < -0.39 is 0 Å². The van der Waals surface area contributed by atoms with Crippen LogP contribution in [0.5, 0.6) is 0 Å². The molecule has 0 saturated heterocycles. The fraction of sp³-hybridized carbons (Fsp3) is 0.133. The summed E-state index contributed by atoms with van der Waals surface area (Å²) in [5.74, 6) is 0.146. The van der Waals surface area contributed by atoms with Crippen LogP contribution in [0.15, 0.2) is 48.5 Å². The number of Topliss-reactive ketones (excluding diaryl/α,β-unsaturated/α-hetero) is 1. The van der Waals surface area contributed by atoms with Gasteiger partial charge in [0.25, 0.3) is 0 Å². The molecule has 3 heteroatoms. The van der Waals surface area contributed by atoms with E-state index in [1.165, 1.54) is 0 Å². The molecule has 0 aliphatic rings. The number of hydrogen-bond donors (Lipinski definition) is 1. The fourth-order valence-electron chi connectivity index (χ4n) is 1.78. The first-order valence-corrected chi connectivity index (χ1v) is 6.12. The number of halogens is 1. The van der Waals surface area contributed by atoms with Crippen LogP contribution >= 0.6 is 11.6 Å². The summed E-state index contributed by atoms with van der Waals surface area (Å²) in [7, 11) is 0. The lowest BCUT2D eigenvalue weighted by molar-refractivity contribution is -0.117. The third kappa shape index (κ3) is 3.34. The zero-order chi connectivity index (χ0) is 13.0. The standard InChI is InChI=1S/C15H14ClNO/c16-15-4-2-1-3-12(15)10-14(18)9-11-5-7-13(17)8-6-11/h1-8H,9-10,17H2. The molecule has 2 N–H and O–H groups in total. The van der Waals surface area contributed by atoms with E-state index in [0.717, 1.165) is 11.1 Å². The van der Waals surface area contributed by atoms with Gasteiger partial charge in [-0.1, -0.05) is 41.9 Å². The van der Waals surface area contributed by atoms with Crippen LogP contribution in [0.4, 0.5) is 5.69 Å². The maximum absolute atomic E-state index is 11.9. The molecule has 0 unspecified atom stereocenters. The van der Waals surface area contributed by atoms with Gasteiger partial charge >= 0.3 is 0 Å². The Balaban J connectivity index is 2.01. The molecule has 2 aromatic rings. The van der Waals surface area contributed by atoms with Gasteiger partial charge in [-0.05, 0) is 29.3 Å². The quantitative estimate of drug-likeness (QED) is 0.857. The van der Waals surface area contributed by atoms with E-state index in [0.29, 0.717) is 23.6 Å². The van der Waals surface area contributed by atoms with Crippen LogP contribution < -0.4 is 5.73 Å². The van der Waals surface area contributed by atoms with E-state index in [-0.39, 0.29) is 5.78 Å². The molecule has 0 saturated carbocycles. The Hall–Kier alpha value is -1.80. The molecule has 0 spiro atoms. The van der Waals surface area contributed by atoms with Crippen molar-refractivity contribution in [3.63, 3.8) is 0 Å². The number of nitrogen functional groups attached to an aromatic ring is 1. The maximum Gasteiger partial charge on any atom is 0.141 e. The number of ketones is 1. The lowest BCUT2D eigenvalue weighted by atomic mass is 10.0. The van der Waals surface area contributed by atoms with Crippen LogP contribution in [0.3, 0.4) is 0 Å². The fourth-order valence-corrected chi connectivity index (χ4v) is 1.98. The predicted octanol–water partition coefficient (Wildman–Crippen LogP) is 3.28. The monoisotopic (exact) mass is 259 g/mol. The number of rotatable bonds is 4. The summed E-state index contributed by atoms with van der Waals surface area (Å²) in [6, 6.07) is 14.8. The molecular weight excluding hydrogens is 246 g/mol. The van der Waals surface area contributed by atoms with Gasteiger partial charge in [-0.3, -0.25) is 4.79 Å². The van der Waals surface area contributed by atoms with Gasteiger partial charge in [-0.25, -0.2) is 0 Å². The molecule has 0 atom stereocenters. The highest BCUT2D eigenvalue weighted by molar-refractivity contribution is 6.31. The predicted molar refractivity (Wildman–Crippen MR) is 74.7 cm³/mol. The van der Waals surface area contributed by atoms with Crippen molar-refractivity contribution in [3.05, 3.63) is 64.7 Å². The summed E-state index contributed by atoms with van der Waals surface area (Å²) >= 11 is 6.02. The molecule has 0 bridgehead atoms. The van der Waals surface area contributed by atoms with Gasteiger partial charge in [-0.15, -0.1) is 0 Å². The molecule has 0 heterocycles. The smallest absolute Gasteiger partial charge is 0.141 e. The van der Waals surface area contributed by atoms with Crippen LogP contribution in [-0.4, -0.2) is 5.78 Å². The van der Waals surface area contributed by atoms with E-state index in [1.54, 1.807) is 18.2 Å². The van der Waals surface area contributed by atoms with Gasteiger partial charge < -0.3 is 5.73 Å². The van der Waals surface area contributed by atoms with Crippen LogP contribution in [-0.2, 0) is 17.6 Å². The highest BCUT2D eigenvalue weighted by Crippen LogP contribution is 2.16. The van der Waals surface area contributed by atoms with Crippen molar-refractivity contribution in [2.75, 3.05) is 5.73 Å². The van der Waals surface area contributed by atoms with Gasteiger partial charge in [0, 0.05) is 23.6 Å². The average Bonchev–Trinajstić information content (AvgIpc) is 2.35. The summed E-state index contributed by atoms with van der Waals surface area (Å²) in [6.45, 7) is 0. The number of carbonyl (C=O) groups excluding carboxylic acids is 1.